The third-order valence-electron chi connectivity index (χ3n) is 4.43. The summed E-state index contributed by atoms with van der Waals surface area (Å²) in [4.78, 5) is 12.6. The van der Waals surface area contributed by atoms with Gasteiger partial charge in [-0.2, -0.15) is 0 Å². The van der Waals surface area contributed by atoms with Gasteiger partial charge >= 0.3 is 0 Å². The van der Waals surface area contributed by atoms with Gasteiger partial charge in [0.2, 0.25) is 15.9 Å². The number of benzene rings is 2. The Bertz CT molecular complexity index is 1010. The van der Waals surface area contributed by atoms with Crippen LogP contribution in [0.3, 0.4) is 0 Å². The van der Waals surface area contributed by atoms with Crippen molar-refractivity contribution < 1.29 is 31.5 Å². The Hall–Kier alpha value is -2.88. The van der Waals surface area contributed by atoms with Gasteiger partial charge < -0.3 is 14.8 Å². The molecule has 0 aliphatic rings. The number of sulfonamides is 1. The summed E-state index contributed by atoms with van der Waals surface area (Å²) in [6, 6.07) is 7.39. The monoisotopic (exact) mass is 442 g/mol. The highest BCUT2D eigenvalue weighted by Gasteiger charge is 2.24. The Balaban J connectivity index is 2.24. The third kappa shape index (κ3) is 5.59. The average molecular weight is 442 g/mol. The molecule has 0 spiro atoms. The number of carbonyl (C=O) groups excluding carboxylic acids is 1. The third-order valence-corrected chi connectivity index (χ3v) is 5.57. The summed E-state index contributed by atoms with van der Waals surface area (Å²) in [7, 11) is -0.921. The van der Waals surface area contributed by atoms with E-state index in [1.54, 1.807) is 18.2 Å². The molecule has 2 aromatic rings. The van der Waals surface area contributed by atoms with Crippen molar-refractivity contribution in [3.8, 4) is 11.5 Å². The lowest BCUT2D eigenvalue weighted by Crippen LogP contribution is -2.41. The maximum Gasteiger partial charge on any atom is 0.241 e. The quantitative estimate of drug-likeness (QED) is 0.645. The van der Waals surface area contributed by atoms with E-state index in [4.69, 9.17) is 9.47 Å². The number of nitrogens with zero attached hydrogens (tertiary/aromatic N) is 1. The molecule has 0 bridgehead atoms. The largest absolute Gasteiger partial charge is 0.493 e. The molecule has 1 N–H and O–H groups in total. The summed E-state index contributed by atoms with van der Waals surface area (Å²) >= 11 is 0. The van der Waals surface area contributed by atoms with Gasteiger partial charge in [0.25, 0.3) is 0 Å². The molecule has 30 heavy (non-hydrogen) atoms. The number of halogens is 2. The van der Waals surface area contributed by atoms with Gasteiger partial charge in [0.15, 0.2) is 23.1 Å². The Morgan fingerprint density at radius 1 is 1.07 bits per heavy atom. The van der Waals surface area contributed by atoms with Crippen LogP contribution in [-0.2, 0) is 14.8 Å². The van der Waals surface area contributed by atoms with Gasteiger partial charge in [-0.05, 0) is 36.2 Å². The van der Waals surface area contributed by atoms with E-state index in [-0.39, 0.29) is 5.69 Å². The molecule has 0 fully saturated rings. The maximum atomic E-state index is 13.6. The molecule has 0 aliphatic heterocycles. The van der Waals surface area contributed by atoms with Crippen LogP contribution in [0.4, 0.5) is 14.5 Å². The van der Waals surface area contributed by atoms with Crippen LogP contribution in [0, 0.1) is 11.6 Å². The Morgan fingerprint density at radius 3 is 2.27 bits per heavy atom. The van der Waals surface area contributed by atoms with Crippen LogP contribution in [-0.4, -0.2) is 41.3 Å². The molecule has 0 saturated heterocycles. The SMILES string of the molecule is CC[C@@H](NC(=O)CN(c1ccc(F)c(F)c1)S(C)(=O)=O)c1ccc(OC)c(OC)c1. The van der Waals surface area contributed by atoms with Crippen LogP contribution in [0.15, 0.2) is 36.4 Å². The molecule has 10 heteroatoms. The molecule has 0 saturated carbocycles. The zero-order valence-electron chi connectivity index (χ0n) is 17.1. The lowest BCUT2D eigenvalue weighted by molar-refractivity contribution is -0.120. The van der Waals surface area contributed by atoms with Gasteiger partial charge in [0, 0.05) is 6.07 Å². The van der Waals surface area contributed by atoms with Crippen molar-refractivity contribution in [2.24, 2.45) is 0 Å². The number of anilines is 1. The highest BCUT2D eigenvalue weighted by atomic mass is 32.2. The zero-order valence-corrected chi connectivity index (χ0v) is 17.9. The first-order valence-electron chi connectivity index (χ1n) is 9.04. The van der Waals surface area contributed by atoms with E-state index in [2.05, 4.69) is 5.32 Å². The first-order chi connectivity index (χ1) is 14.1. The van der Waals surface area contributed by atoms with Gasteiger partial charge in [-0.1, -0.05) is 13.0 Å². The minimum Gasteiger partial charge on any atom is -0.493 e. The molecule has 0 radical (unpaired) electrons. The van der Waals surface area contributed by atoms with Crippen molar-refractivity contribution in [1.82, 2.24) is 5.32 Å². The topological polar surface area (TPSA) is 84.9 Å². The number of ether oxygens (including phenoxy) is 2. The first kappa shape index (κ1) is 23.4. The van der Waals surface area contributed by atoms with Crippen molar-refractivity contribution in [3.05, 3.63) is 53.6 Å². The highest BCUT2D eigenvalue weighted by molar-refractivity contribution is 7.92. The van der Waals surface area contributed by atoms with Crippen molar-refractivity contribution in [2.75, 3.05) is 31.3 Å². The number of nitrogens with one attached hydrogen (secondary N) is 1. The Labute approximate surface area is 174 Å². The molecule has 2 aromatic carbocycles. The molecule has 0 unspecified atom stereocenters. The molecule has 0 heterocycles. The lowest BCUT2D eigenvalue weighted by Gasteiger charge is -2.24. The summed E-state index contributed by atoms with van der Waals surface area (Å²) in [5, 5.41) is 2.76. The second-order valence-corrected chi connectivity index (χ2v) is 8.42. The van der Waals surface area contributed by atoms with Crippen LogP contribution in [0.2, 0.25) is 0 Å². The van der Waals surface area contributed by atoms with E-state index in [0.29, 0.717) is 22.2 Å². The molecule has 2 rings (SSSR count). The first-order valence-corrected chi connectivity index (χ1v) is 10.9. The molecule has 164 valence electrons. The fourth-order valence-corrected chi connectivity index (χ4v) is 3.75. The normalized spacial score (nSPS) is 12.2. The Morgan fingerprint density at radius 2 is 1.73 bits per heavy atom. The van der Waals surface area contributed by atoms with Crippen molar-refractivity contribution in [1.29, 1.82) is 0 Å². The van der Waals surface area contributed by atoms with Gasteiger partial charge in [-0.15, -0.1) is 0 Å². The summed E-state index contributed by atoms with van der Waals surface area (Å²) in [5.41, 5.74) is 0.591. The van der Waals surface area contributed by atoms with Crippen molar-refractivity contribution in [3.63, 3.8) is 0 Å². The van der Waals surface area contributed by atoms with E-state index >= 15 is 0 Å². The van der Waals surface area contributed by atoms with Crippen LogP contribution >= 0.6 is 0 Å². The van der Waals surface area contributed by atoms with Crippen LogP contribution in [0.1, 0.15) is 24.9 Å². The van der Waals surface area contributed by atoms with E-state index in [1.807, 2.05) is 6.92 Å². The van der Waals surface area contributed by atoms with E-state index in [9.17, 15) is 22.0 Å². The standard InChI is InChI=1S/C20H24F2N2O5S/c1-5-17(13-6-9-18(28-2)19(10-13)29-3)23-20(25)12-24(30(4,26)27)14-7-8-15(21)16(22)11-14/h6-11,17H,5,12H2,1-4H3,(H,23,25)/t17-/m1/s1. The highest BCUT2D eigenvalue weighted by Crippen LogP contribution is 2.31. The second kappa shape index (κ2) is 9.75. The molecule has 1 amide bonds. The molecule has 0 aromatic heterocycles. The fraction of sp³-hybridized carbons (Fsp3) is 0.350. The number of rotatable bonds is 9. The molecule has 0 aliphatic carbocycles. The van der Waals surface area contributed by atoms with Gasteiger partial charge in [-0.3, -0.25) is 9.10 Å². The smallest absolute Gasteiger partial charge is 0.241 e. The van der Waals surface area contributed by atoms with Crippen LogP contribution < -0.4 is 19.1 Å². The summed E-state index contributed by atoms with van der Waals surface area (Å²) < 4.78 is 62.2. The summed E-state index contributed by atoms with van der Waals surface area (Å²) in [5.74, 6) is -1.91. The van der Waals surface area contributed by atoms with Gasteiger partial charge in [0.1, 0.15) is 6.54 Å². The van der Waals surface area contributed by atoms with Crippen LogP contribution in [0.5, 0.6) is 11.5 Å². The number of methoxy groups -OCH3 is 2. The number of hydrogen-bond acceptors (Lipinski definition) is 5. The molecular formula is C20H24F2N2O5S. The maximum absolute atomic E-state index is 13.6. The molecular weight excluding hydrogens is 418 g/mol. The summed E-state index contributed by atoms with van der Waals surface area (Å²) in [6.07, 6.45) is 1.40. The van der Waals surface area contributed by atoms with Crippen molar-refractivity contribution >= 4 is 21.6 Å². The predicted octanol–water partition coefficient (Wildman–Crippen LogP) is 3.02. The number of carbonyl (C=O) groups is 1. The van der Waals surface area contributed by atoms with Crippen molar-refractivity contribution in [2.45, 2.75) is 19.4 Å². The summed E-state index contributed by atoms with van der Waals surface area (Å²) in [6.45, 7) is 1.26. The number of amides is 1. The predicted molar refractivity (Wildman–Crippen MR) is 109 cm³/mol. The fourth-order valence-electron chi connectivity index (χ4n) is 2.90. The van der Waals surface area contributed by atoms with Gasteiger partial charge in [0.05, 0.1) is 32.2 Å². The average Bonchev–Trinajstić information content (AvgIpc) is 2.71. The minimum atomic E-state index is -3.92. The zero-order chi connectivity index (χ0) is 22.5. The minimum absolute atomic E-state index is 0.147. The second-order valence-electron chi connectivity index (χ2n) is 6.51. The van der Waals surface area contributed by atoms with Gasteiger partial charge in [-0.25, -0.2) is 17.2 Å². The molecule has 7 nitrogen and oxygen atoms in total. The van der Waals surface area contributed by atoms with E-state index in [0.717, 1.165) is 30.0 Å². The lowest BCUT2D eigenvalue weighted by atomic mass is 10.0. The van der Waals surface area contributed by atoms with E-state index in [1.165, 1.54) is 14.2 Å². The molecule has 1 atom stereocenters. The van der Waals surface area contributed by atoms with Crippen LogP contribution in [0.25, 0.3) is 0 Å². The Kier molecular flexibility index (Phi) is 7.60. The van der Waals surface area contributed by atoms with E-state index < -0.39 is 40.2 Å². The number of hydrogen-bond donors (Lipinski definition) is 1.